The van der Waals surface area contributed by atoms with E-state index in [2.05, 4.69) is 20.3 Å². The van der Waals surface area contributed by atoms with Crippen molar-refractivity contribution in [2.24, 2.45) is 0 Å². The van der Waals surface area contributed by atoms with E-state index < -0.39 is 10.0 Å². The molecule has 0 aliphatic rings. The van der Waals surface area contributed by atoms with E-state index in [1.165, 1.54) is 30.5 Å². The molecule has 0 spiro atoms. The highest BCUT2D eigenvalue weighted by molar-refractivity contribution is 7.92. The van der Waals surface area contributed by atoms with Crippen LogP contribution in [0.2, 0.25) is 0 Å². The first kappa shape index (κ1) is 21.0. The lowest BCUT2D eigenvalue weighted by Gasteiger charge is -2.09. The van der Waals surface area contributed by atoms with Crippen LogP contribution >= 0.6 is 0 Å². The first-order chi connectivity index (χ1) is 14.3. The smallest absolute Gasteiger partial charge is 0.255 e. The van der Waals surface area contributed by atoms with E-state index in [4.69, 9.17) is 0 Å². The van der Waals surface area contributed by atoms with Crippen molar-refractivity contribution in [2.45, 2.75) is 6.54 Å². The van der Waals surface area contributed by atoms with Crippen molar-refractivity contribution >= 4 is 33.2 Å². The van der Waals surface area contributed by atoms with Crippen LogP contribution in [-0.2, 0) is 16.6 Å². The number of amides is 2. The Labute approximate surface area is 174 Å². The summed E-state index contributed by atoms with van der Waals surface area (Å²) in [6, 6.07) is 16.6. The Kier molecular flexibility index (Phi) is 6.43. The number of hydrogen-bond acceptors (Lipinski definition) is 5. The van der Waals surface area contributed by atoms with Gasteiger partial charge in [-0.05, 0) is 54.1 Å². The van der Waals surface area contributed by atoms with Crippen molar-refractivity contribution < 1.29 is 18.0 Å². The summed E-state index contributed by atoms with van der Waals surface area (Å²) in [6.07, 6.45) is 4.16. The number of nitrogens with zero attached hydrogens (tertiary/aromatic N) is 1. The Balaban J connectivity index is 1.55. The molecule has 1 aromatic heterocycles. The van der Waals surface area contributed by atoms with Crippen LogP contribution in [0.4, 0.5) is 11.4 Å². The van der Waals surface area contributed by atoms with E-state index in [-0.39, 0.29) is 11.8 Å². The molecule has 2 amide bonds. The Hall–Kier alpha value is -3.72. The van der Waals surface area contributed by atoms with Crippen LogP contribution in [0.25, 0.3) is 0 Å². The molecular weight excluding hydrogens is 404 g/mol. The molecule has 0 saturated carbocycles. The lowest BCUT2D eigenvalue weighted by Crippen LogP contribution is -2.22. The predicted octanol–water partition coefficient (Wildman–Crippen LogP) is 2.64. The monoisotopic (exact) mass is 424 g/mol. The zero-order valence-electron chi connectivity index (χ0n) is 16.1. The molecule has 3 rings (SSSR count). The molecule has 0 saturated heterocycles. The third-order valence-electron chi connectivity index (χ3n) is 4.04. The number of aromatic nitrogens is 1. The Morgan fingerprint density at radius 2 is 1.53 bits per heavy atom. The molecule has 0 aliphatic carbocycles. The van der Waals surface area contributed by atoms with Gasteiger partial charge in [0.25, 0.3) is 11.8 Å². The topological polar surface area (TPSA) is 117 Å². The molecule has 0 radical (unpaired) electrons. The van der Waals surface area contributed by atoms with Crippen LogP contribution < -0.4 is 15.4 Å². The van der Waals surface area contributed by atoms with E-state index in [0.717, 1.165) is 11.8 Å². The van der Waals surface area contributed by atoms with Crippen LogP contribution in [0.1, 0.15) is 26.3 Å². The van der Waals surface area contributed by atoms with Gasteiger partial charge in [-0.3, -0.25) is 19.3 Å². The van der Waals surface area contributed by atoms with Crippen molar-refractivity contribution in [3.63, 3.8) is 0 Å². The standard InChI is InChI=1S/C21H20N4O4S/c1-30(28,29)25-19-10-6-16(7-11-19)21(27)24-18-8-4-15(5-9-18)13-23-20(26)17-3-2-12-22-14-17/h2-12,14,25H,13H2,1H3,(H,23,26)(H,24,27). The number of carbonyl (C=O) groups is 2. The minimum absolute atomic E-state index is 0.214. The van der Waals surface area contributed by atoms with Crippen LogP contribution in [0.15, 0.2) is 73.1 Å². The van der Waals surface area contributed by atoms with E-state index in [1.807, 2.05) is 0 Å². The fourth-order valence-electron chi connectivity index (χ4n) is 2.59. The van der Waals surface area contributed by atoms with E-state index >= 15 is 0 Å². The molecule has 154 valence electrons. The summed E-state index contributed by atoms with van der Waals surface area (Å²) >= 11 is 0. The number of anilines is 2. The molecule has 9 heteroatoms. The molecule has 1 heterocycles. The maximum atomic E-state index is 12.4. The molecule has 3 aromatic rings. The highest BCUT2D eigenvalue weighted by atomic mass is 32.2. The molecule has 0 atom stereocenters. The summed E-state index contributed by atoms with van der Waals surface area (Å²) < 4.78 is 24.8. The number of rotatable bonds is 7. The van der Waals surface area contributed by atoms with Crippen molar-refractivity contribution in [1.82, 2.24) is 10.3 Å². The summed E-state index contributed by atoms with van der Waals surface area (Å²) in [5, 5.41) is 5.58. The van der Waals surface area contributed by atoms with E-state index in [0.29, 0.717) is 29.0 Å². The van der Waals surface area contributed by atoms with Gasteiger partial charge in [0.1, 0.15) is 0 Å². The molecule has 0 bridgehead atoms. The number of benzene rings is 2. The van der Waals surface area contributed by atoms with E-state index in [9.17, 15) is 18.0 Å². The highest BCUT2D eigenvalue weighted by Gasteiger charge is 2.08. The number of hydrogen-bond donors (Lipinski definition) is 3. The van der Waals surface area contributed by atoms with Crippen molar-refractivity contribution in [3.8, 4) is 0 Å². The van der Waals surface area contributed by atoms with Crippen LogP contribution in [0.3, 0.4) is 0 Å². The number of nitrogens with one attached hydrogen (secondary N) is 3. The van der Waals surface area contributed by atoms with Crippen LogP contribution in [0.5, 0.6) is 0 Å². The number of carbonyl (C=O) groups excluding carboxylic acids is 2. The van der Waals surface area contributed by atoms with E-state index in [1.54, 1.807) is 42.6 Å². The van der Waals surface area contributed by atoms with Gasteiger partial charge < -0.3 is 10.6 Å². The quantitative estimate of drug-likeness (QED) is 0.539. The van der Waals surface area contributed by atoms with Crippen molar-refractivity contribution in [2.75, 3.05) is 16.3 Å². The molecule has 2 aromatic carbocycles. The van der Waals surface area contributed by atoms with Gasteiger partial charge in [0.2, 0.25) is 10.0 Å². The van der Waals surface area contributed by atoms with Gasteiger partial charge >= 0.3 is 0 Å². The molecule has 8 nitrogen and oxygen atoms in total. The van der Waals surface area contributed by atoms with Crippen LogP contribution in [0, 0.1) is 0 Å². The lowest BCUT2D eigenvalue weighted by molar-refractivity contribution is 0.0949. The molecular formula is C21H20N4O4S. The van der Waals surface area contributed by atoms with Crippen LogP contribution in [-0.4, -0.2) is 31.5 Å². The van der Waals surface area contributed by atoms with Gasteiger partial charge in [-0.25, -0.2) is 8.42 Å². The second-order valence-electron chi connectivity index (χ2n) is 6.53. The average Bonchev–Trinajstić information content (AvgIpc) is 2.73. The van der Waals surface area contributed by atoms with Gasteiger partial charge in [-0.1, -0.05) is 12.1 Å². The first-order valence-corrected chi connectivity index (χ1v) is 10.9. The SMILES string of the molecule is CS(=O)(=O)Nc1ccc(C(=O)Nc2ccc(CNC(=O)c3cccnc3)cc2)cc1. The van der Waals surface area contributed by atoms with Gasteiger partial charge in [0, 0.05) is 35.9 Å². The average molecular weight is 424 g/mol. The normalized spacial score (nSPS) is 10.8. The summed E-state index contributed by atoms with van der Waals surface area (Å²) in [7, 11) is -3.37. The van der Waals surface area contributed by atoms with Gasteiger partial charge in [0.05, 0.1) is 11.8 Å². The highest BCUT2D eigenvalue weighted by Crippen LogP contribution is 2.14. The number of sulfonamides is 1. The van der Waals surface area contributed by atoms with Crippen molar-refractivity contribution in [1.29, 1.82) is 0 Å². The zero-order chi connectivity index (χ0) is 21.6. The summed E-state index contributed by atoms with van der Waals surface area (Å²) in [4.78, 5) is 28.3. The predicted molar refractivity (Wildman–Crippen MR) is 115 cm³/mol. The summed E-state index contributed by atoms with van der Waals surface area (Å²) in [5.74, 6) is -0.534. The lowest BCUT2D eigenvalue weighted by atomic mass is 10.1. The third kappa shape index (κ3) is 6.14. The van der Waals surface area contributed by atoms with Gasteiger partial charge in [0.15, 0.2) is 0 Å². The minimum atomic E-state index is -3.37. The Morgan fingerprint density at radius 3 is 2.13 bits per heavy atom. The second-order valence-corrected chi connectivity index (χ2v) is 8.28. The molecule has 0 aliphatic heterocycles. The Bertz CT molecular complexity index is 1130. The first-order valence-electron chi connectivity index (χ1n) is 8.96. The fraction of sp³-hybridized carbons (Fsp3) is 0.0952. The number of pyridine rings is 1. The van der Waals surface area contributed by atoms with Gasteiger partial charge in [-0.15, -0.1) is 0 Å². The second kappa shape index (κ2) is 9.19. The fourth-order valence-corrected chi connectivity index (χ4v) is 3.16. The maximum Gasteiger partial charge on any atom is 0.255 e. The minimum Gasteiger partial charge on any atom is -0.348 e. The largest absolute Gasteiger partial charge is 0.348 e. The molecule has 0 unspecified atom stereocenters. The zero-order valence-corrected chi connectivity index (χ0v) is 16.9. The maximum absolute atomic E-state index is 12.4. The summed E-state index contributed by atoms with van der Waals surface area (Å²) in [5.41, 5.74) is 2.73. The molecule has 30 heavy (non-hydrogen) atoms. The molecule has 3 N–H and O–H groups in total. The van der Waals surface area contributed by atoms with Gasteiger partial charge in [-0.2, -0.15) is 0 Å². The third-order valence-corrected chi connectivity index (χ3v) is 4.65. The summed E-state index contributed by atoms with van der Waals surface area (Å²) in [6.45, 7) is 0.344. The molecule has 0 fully saturated rings. The van der Waals surface area contributed by atoms with Crippen molar-refractivity contribution in [3.05, 3.63) is 89.7 Å². The Morgan fingerprint density at radius 1 is 0.867 bits per heavy atom.